The Balaban J connectivity index is 2.06. The summed E-state index contributed by atoms with van der Waals surface area (Å²) in [6.45, 7) is 0. The minimum absolute atomic E-state index is 0.317. The molecule has 0 aliphatic heterocycles. The second-order valence-electron chi connectivity index (χ2n) is 4.98. The summed E-state index contributed by atoms with van der Waals surface area (Å²) in [5.41, 5.74) is 7.77. The summed E-state index contributed by atoms with van der Waals surface area (Å²) in [7, 11) is 0. The number of nitrogen functional groups attached to an aromatic ring is 1. The Bertz CT molecular complexity index is 696. The van der Waals surface area contributed by atoms with Gasteiger partial charge in [-0.2, -0.15) is 0 Å². The summed E-state index contributed by atoms with van der Waals surface area (Å²) < 4.78 is 13.7. The van der Waals surface area contributed by atoms with E-state index in [1.165, 1.54) is 12.1 Å². The second-order valence-corrected chi connectivity index (χ2v) is 4.98. The number of aromatic carboxylic acids is 1. The molecule has 1 aliphatic rings. The van der Waals surface area contributed by atoms with Gasteiger partial charge in [-0.25, -0.2) is 14.2 Å². The molecule has 102 valence electrons. The molecule has 0 radical (unpaired) electrons. The first kappa shape index (κ1) is 12.6. The monoisotopic (exact) mass is 272 g/mol. The number of nitrogens with two attached hydrogens (primary N) is 1. The van der Waals surface area contributed by atoms with Crippen LogP contribution < -0.4 is 5.73 Å². The number of hydrogen-bond acceptors (Lipinski definition) is 3. The molecule has 1 aliphatic carbocycles. The van der Waals surface area contributed by atoms with Crippen molar-refractivity contribution in [1.29, 1.82) is 0 Å². The molecular formula is C15H13FN2O2. The highest BCUT2D eigenvalue weighted by molar-refractivity contribution is 5.89. The maximum Gasteiger partial charge on any atom is 0.338 e. The zero-order valence-corrected chi connectivity index (χ0v) is 10.6. The molecule has 5 heteroatoms. The van der Waals surface area contributed by atoms with Gasteiger partial charge in [-0.05, 0) is 48.1 Å². The van der Waals surface area contributed by atoms with E-state index in [4.69, 9.17) is 10.8 Å². The highest BCUT2D eigenvalue weighted by atomic mass is 19.1. The van der Waals surface area contributed by atoms with E-state index in [9.17, 15) is 9.18 Å². The Morgan fingerprint density at radius 2 is 2.10 bits per heavy atom. The number of benzene rings is 1. The smallest absolute Gasteiger partial charge is 0.338 e. The summed E-state index contributed by atoms with van der Waals surface area (Å²) >= 11 is 0. The van der Waals surface area contributed by atoms with Gasteiger partial charge in [0.1, 0.15) is 11.6 Å². The zero-order valence-electron chi connectivity index (χ0n) is 10.6. The molecule has 20 heavy (non-hydrogen) atoms. The number of halogens is 1. The second kappa shape index (κ2) is 4.59. The fourth-order valence-electron chi connectivity index (χ4n) is 2.22. The van der Waals surface area contributed by atoms with Gasteiger partial charge in [0, 0.05) is 11.8 Å². The van der Waals surface area contributed by atoms with Crippen LogP contribution in [0.25, 0.3) is 11.1 Å². The average Bonchev–Trinajstić information content (AvgIpc) is 3.23. The molecule has 1 aromatic heterocycles. The van der Waals surface area contributed by atoms with Crippen molar-refractivity contribution in [2.24, 2.45) is 0 Å². The van der Waals surface area contributed by atoms with Crippen LogP contribution in [0.1, 0.15) is 34.7 Å². The van der Waals surface area contributed by atoms with Crippen LogP contribution in [0.5, 0.6) is 0 Å². The molecule has 0 bridgehead atoms. The third-order valence-electron chi connectivity index (χ3n) is 3.50. The lowest BCUT2D eigenvalue weighted by atomic mass is 10.0. The fraction of sp³-hybridized carbons (Fsp3) is 0.200. The predicted molar refractivity (Wildman–Crippen MR) is 73.0 cm³/mol. The van der Waals surface area contributed by atoms with E-state index in [2.05, 4.69) is 4.98 Å². The van der Waals surface area contributed by atoms with Crippen LogP contribution in [0.3, 0.4) is 0 Å². The summed E-state index contributed by atoms with van der Waals surface area (Å²) in [6, 6.07) is 5.90. The van der Waals surface area contributed by atoms with Crippen LogP contribution in [0, 0.1) is 5.82 Å². The molecular weight excluding hydrogens is 259 g/mol. The van der Waals surface area contributed by atoms with Crippen molar-refractivity contribution in [1.82, 2.24) is 4.98 Å². The SMILES string of the molecule is Nc1ncc(C2CC2)cc1-c1ccc(C(=O)O)c(F)c1. The number of anilines is 1. The van der Waals surface area contributed by atoms with Crippen LogP contribution in [0.2, 0.25) is 0 Å². The van der Waals surface area contributed by atoms with Gasteiger partial charge in [0.2, 0.25) is 0 Å². The fourth-order valence-corrected chi connectivity index (χ4v) is 2.22. The molecule has 0 atom stereocenters. The van der Waals surface area contributed by atoms with Crippen LogP contribution in [0.15, 0.2) is 30.5 Å². The lowest BCUT2D eigenvalue weighted by Gasteiger charge is -2.08. The van der Waals surface area contributed by atoms with E-state index in [-0.39, 0.29) is 5.56 Å². The lowest BCUT2D eigenvalue weighted by molar-refractivity contribution is 0.0692. The van der Waals surface area contributed by atoms with Gasteiger partial charge < -0.3 is 10.8 Å². The molecule has 4 nitrogen and oxygen atoms in total. The van der Waals surface area contributed by atoms with Crippen molar-refractivity contribution >= 4 is 11.8 Å². The first-order chi connectivity index (χ1) is 9.56. The molecule has 3 rings (SSSR count). The van der Waals surface area contributed by atoms with Gasteiger partial charge in [0.05, 0.1) is 5.56 Å². The molecule has 1 heterocycles. The Morgan fingerprint density at radius 1 is 1.35 bits per heavy atom. The Kier molecular flexibility index (Phi) is 2.89. The van der Waals surface area contributed by atoms with Gasteiger partial charge >= 0.3 is 5.97 Å². The minimum atomic E-state index is -1.29. The normalized spacial score (nSPS) is 14.2. The molecule has 0 amide bonds. The number of hydrogen-bond donors (Lipinski definition) is 2. The van der Waals surface area contributed by atoms with Gasteiger partial charge in [0.25, 0.3) is 0 Å². The number of carbonyl (C=O) groups is 1. The maximum absolute atomic E-state index is 13.7. The Hall–Kier alpha value is -2.43. The number of aromatic nitrogens is 1. The summed E-state index contributed by atoms with van der Waals surface area (Å²) in [4.78, 5) is 15.0. The van der Waals surface area contributed by atoms with Gasteiger partial charge in [-0.15, -0.1) is 0 Å². The van der Waals surface area contributed by atoms with E-state index < -0.39 is 11.8 Å². The predicted octanol–water partition coefficient (Wildman–Crippen LogP) is 3.05. The van der Waals surface area contributed by atoms with Crippen molar-refractivity contribution in [3.63, 3.8) is 0 Å². The van der Waals surface area contributed by atoms with E-state index in [1.54, 1.807) is 12.3 Å². The first-order valence-corrected chi connectivity index (χ1v) is 6.35. The molecule has 1 fully saturated rings. The van der Waals surface area contributed by atoms with Crippen LogP contribution >= 0.6 is 0 Å². The standard InChI is InChI=1S/C15H13FN2O2/c16-13-6-9(3-4-11(13)15(19)20)12-5-10(8-1-2-8)7-18-14(12)17/h3-8H,1-2H2,(H2,17,18)(H,19,20). The Labute approximate surface area is 115 Å². The van der Waals surface area contributed by atoms with Crippen molar-refractivity contribution in [2.75, 3.05) is 5.73 Å². The topological polar surface area (TPSA) is 76.2 Å². The van der Waals surface area contributed by atoms with Gasteiger partial charge in [0.15, 0.2) is 0 Å². The number of nitrogens with zero attached hydrogens (tertiary/aromatic N) is 1. The van der Waals surface area contributed by atoms with Crippen molar-refractivity contribution < 1.29 is 14.3 Å². The lowest BCUT2D eigenvalue weighted by Crippen LogP contribution is -2.01. The summed E-state index contributed by atoms with van der Waals surface area (Å²) in [5.74, 6) is -1.22. The third-order valence-corrected chi connectivity index (χ3v) is 3.50. The van der Waals surface area contributed by atoms with E-state index in [0.29, 0.717) is 22.9 Å². The number of pyridine rings is 1. The largest absolute Gasteiger partial charge is 0.478 e. The molecule has 0 spiro atoms. The van der Waals surface area contributed by atoms with Crippen molar-refractivity contribution in [3.8, 4) is 11.1 Å². The number of rotatable bonds is 3. The maximum atomic E-state index is 13.7. The highest BCUT2D eigenvalue weighted by Crippen LogP contribution is 2.41. The van der Waals surface area contributed by atoms with Crippen molar-refractivity contribution in [3.05, 3.63) is 47.4 Å². The molecule has 2 aromatic rings. The average molecular weight is 272 g/mol. The van der Waals surface area contributed by atoms with Gasteiger partial charge in [-0.1, -0.05) is 6.07 Å². The van der Waals surface area contributed by atoms with E-state index in [1.807, 2.05) is 6.07 Å². The van der Waals surface area contributed by atoms with E-state index in [0.717, 1.165) is 18.4 Å². The number of carboxylic acid groups (broad SMARTS) is 1. The Morgan fingerprint density at radius 3 is 2.70 bits per heavy atom. The molecule has 1 aromatic carbocycles. The number of carboxylic acids is 1. The molecule has 0 saturated heterocycles. The molecule has 0 unspecified atom stereocenters. The minimum Gasteiger partial charge on any atom is -0.478 e. The zero-order chi connectivity index (χ0) is 14.3. The van der Waals surface area contributed by atoms with Crippen LogP contribution in [-0.4, -0.2) is 16.1 Å². The molecule has 3 N–H and O–H groups in total. The third kappa shape index (κ3) is 2.22. The quantitative estimate of drug-likeness (QED) is 0.900. The highest BCUT2D eigenvalue weighted by Gasteiger charge is 2.24. The summed E-state index contributed by atoms with van der Waals surface area (Å²) in [5, 5.41) is 8.83. The van der Waals surface area contributed by atoms with Crippen molar-refractivity contribution in [2.45, 2.75) is 18.8 Å². The van der Waals surface area contributed by atoms with Crippen LogP contribution in [-0.2, 0) is 0 Å². The van der Waals surface area contributed by atoms with Crippen LogP contribution in [0.4, 0.5) is 10.2 Å². The molecule has 1 saturated carbocycles. The van der Waals surface area contributed by atoms with E-state index >= 15 is 0 Å². The summed E-state index contributed by atoms with van der Waals surface area (Å²) in [6.07, 6.45) is 4.02. The first-order valence-electron chi connectivity index (χ1n) is 6.35. The van der Waals surface area contributed by atoms with Gasteiger partial charge in [-0.3, -0.25) is 0 Å².